The summed E-state index contributed by atoms with van der Waals surface area (Å²) in [6, 6.07) is 12.1. The van der Waals surface area contributed by atoms with Crippen LogP contribution in [0, 0.1) is 13.8 Å². The fourth-order valence-corrected chi connectivity index (χ4v) is 3.74. The van der Waals surface area contributed by atoms with Crippen molar-refractivity contribution in [1.82, 2.24) is 25.1 Å². The highest BCUT2D eigenvalue weighted by molar-refractivity contribution is 7.90. The molecule has 4 aromatic rings. The van der Waals surface area contributed by atoms with Crippen LogP contribution in [0.25, 0.3) is 11.2 Å². The number of pyridine rings is 1. The molecule has 0 atom stereocenters. The number of nitrogens with one attached hydrogen (secondary N) is 3. The van der Waals surface area contributed by atoms with Crippen molar-refractivity contribution in [2.24, 2.45) is 0 Å². The van der Waals surface area contributed by atoms with Gasteiger partial charge in [0.25, 0.3) is 0 Å². The lowest BCUT2D eigenvalue weighted by Crippen LogP contribution is -2.04. The fourth-order valence-electron chi connectivity index (χ4n) is 2.90. The molecule has 9 nitrogen and oxygen atoms in total. The summed E-state index contributed by atoms with van der Waals surface area (Å²) in [7, 11) is -3.40. The first-order valence-electron chi connectivity index (χ1n) is 8.80. The smallest absolute Gasteiger partial charge is 0.177 e. The van der Waals surface area contributed by atoms with E-state index in [2.05, 4.69) is 35.8 Å². The van der Waals surface area contributed by atoms with E-state index in [4.69, 9.17) is 0 Å². The van der Waals surface area contributed by atoms with Gasteiger partial charge in [0.1, 0.15) is 17.2 Å². The summed E-state index contributed by atoms with van der Waals surface area (Å²) < 4.78 is 24.3. The lowest BCUT2D eigenvalue weighted by atomic mass is 10.2. The second-order valence-corrected chi connectivity index (χ2v) is 8.64. The Balaban J connectivity index is 1.79. The maximum atomic E-state index is 12.1. The lowest BCUT2D eigenvalue weighted by molar-refractivity contribution is 0.602. The van der Waals surface area contributed by atoms with E-state index in [1.54, 1.807) is 36.4 Å². The molecule has 0 fully saturated rings. The van der Waals surface area contributed by atoms with Gasteiger partial charge in [0.05, 0.1) is 22.0 Å². The Morgan fingerprint density at radius 3 is 2.41 bits per heavy atom. The number of aromatic amines is 1. The molecule has 0 spiro atoms. The molecule has 0 aliphatic rings. The van der Waals surface area contributed by atoms with Crippen LogP contribution in [0.15, 0.2) is 47.4 Å². The molecule has 1 aromatic carbocycles. The zero-order chi connectivity index (χ0) is 20.6. The summed E-state index contributed by atoms with van der Waals surface area (Å²) in [5.41, 5.74) is 3.04. The van der Waals surface area contributed by atoms with Gasteiger partial charge in [-0.15, -0.1) is 5.10 Å². The maximum Gasteiger partial charge on any atom is 0.177 e. The number of hydrogen-bond donors (Lipinski definition) is 3. The standard InChI is InChI=1S/C19H19N7O2S/c1-11-8-9-16(26-25-11)23-17-10-14(18-19(24-17)21-12(2)20-18)22-13-6-4-5-7-15(13)29(3,27)28/h4-10H,1-3H3,(H3,20,21,22,23,24,26). The Kier molecular flexibility index (Phi) is 4.63. The Morgan fingerprint density at radius 1 is 0.897 bits per heavy atom. The van der Waals surface area contributed by atoms with E-state index in [1.165, 1.54) is 6.26 Å². The first-order chi connectivity index (χ1) is 13.8. The summed E-state index contributed by atoms with van der Waals surface area (Å²) in [6.45, 7) is 3.68. The molecule has 4 rings (SSSR count). The Bertz CT molecular complexity index is 1300. The minimum absolute atomic E-state index is 0.205. The van der Waals surface area contributed by atoms with E-state index < -0.39 is 9.84 Å². The van der Waals surface area contributed by atoms with Crippen LogP contribution in [0.2, 0.25) is 0 Å². The topological polar surface area (TPSA) is 126 Å². The van der Waals surface area contributed by atoms with Gasteiger partial charge in [-0.05, 0) is 38.1 Å². The monoisotopic (exact) mass is 409 g/mol. The number of anilines is 4. The number of para-hydroxylation sites is 1. The summed E-state index contributed by atoms with van der Waals surface area (Å²) in [4.78, 5) is 12.3. The maximum absolute atomic E-state index is 12.1. The molecule has 148 valence electrons. The van der Waals surface area contributed by atoms with E-state index >= 15 is 0 Å². The van der Waals surface area contributed by atoms with Crippen LogP contribution < -0.4 is 10.6 Å². The molecule has 0 unspecified atom stereocenters. The van der Waals surface area contributed by atoms with E-state index in [9.17, 15) is 8.42 Å². The number of H-pyrrole nitrogens is 1. The van der Waals surface area contributed by atoms with Crippen LogP contribution in [0.4, 0.5) is 23.0 Å². The molecular formula is C19H19N7O2S. The average molecular weight is 409 g/mol. The number of sulfone groups is 1. The summed E-state index contributed by atoms with van der Waals surface area (Å²) in [5, 5.41) is 14.4. The fraction of sp³-hybridized carbons (Fsp3) is 0.158. The summed E-state index contributed by atoms with van der Waals surface area (Å²) >= 11 is 0. The van der Waals surface area contributed by atoms with Gasteiger partial charge in [-0.1, -0.05) is 12.1 Å². The predicted molar refractivity (Wildman–Crippen MR) is 112 cm³/mol. The van der Waals surface area contributed by atoms with Gasteiger partial charge in [0.2, 0.25) is 0 Å². The van der Waals surface area contributed by atoms with Crippen molar-refractivity contribution in [2.45, 2.75) is 18.7 Å². The molecule has 29 heavy (non-hydrogen) atoms. The second-order valence-electron chi connectivity index (χ2n) is 6.65. The van der Waals surface area contributed by atoms with Crippen molar-refractivity contribution < 1.29 is 8.42 Å². The van der Waals surface area contributed by atoms with Gasteiger partial charge in [0, 0.05) is 12.3 Å². The SMILES string of the molecule is Cc1ccc(Nc2cc(Nc3ccccc3S(C)(=O)=O)c3nc(C)[nH]c3n2)nn1. The third-order valence-corrected chi connectivity index (χ3v) is 5.34. The second kappa shape index (κ2) is 7.13. The van der Waals surface area contributed by atoms with Crippen LogP contribution in [0.3, 0.4) is 0 Å². The largest absolute Gasteiger partial charge is 0.352 e. The van der Waals surface area contributed by atoms with Crippen molar-refractivity contribution >= 4 is 44.0 Å². The molecule has 0 aliphatic carbocycles. The van der Waals surface area contributed by atoms with Crippen LogP contribution in [-0.2, 0) is 9.84 Å². The molecular weight excluding hydrogens is 390 g/mol. The van der Waals surface area contributed by atoms with Crippen LogP contribution in [-0.4, -0.2) is 39.8 Å². The van der Waals surface area contributed by atoms with Crippen molar-refractivity contribution in [3.63, 3.8) is 0 Å². The number of imidazole rings is 1. The van der Waals surface area contributed by atoms with E-state index in [0.29, 0.717) is 40.0 Å². The molecule has 0 bridgehead atoms. The number of fused-ring (bicyclic) bond motifs is 1. The minimum Gasteiger partial charge on any atom is -0.352 e. The van der Waals surface area contributed by atoms with Crippen molar-refractivity contribution in [2.75, 3.05) is 16.9 Å². The third kappa shape index (κ3) is 4.02. The Morgan fingerprint density at radius 2 is 1.69 bits per heavy atom. The van der Waals surface area contributed by atoms with E-state index in [1.807, 2.05) is 19.9 Å². The van der Waals surface area contributed by atoms with Crippen molar-refractivity contribution in [3.8, 4) is 0 Å². The van der Waals surface area contributed by atoms with Gasteiger partial charge in [0.15, 0.2) is 21.3 Å². The minimum atomic E-state index is -3.40. The molecule has 0 amide bonds. The zero-order valence-corrected chi connectivity index (χ0v) is 16.9. The molecule has 0 radical (unpaired) electrons. The summed E-state index contributed by atoms with van der Waals surface area (Å²) in [6.07, 6.45) is 1.18. The predicted octanol–water partition coefficient (Wildman–Crippen LogP) is 3.26. The Labute approximate surface area is 167 Å². The molecule has 0 saturated heterocycles. The molecule has 0 aliphatic heterocycles. The van der Waals surface area contributed by atoms with Gasteiger partial charge in [-0.2, -0.15) is 5.10 Å². The van der Waals surface area contributed by atoms with Gasteiger partial charge in [-0.25, -0.2) is 18.4 Å². The van der Waals surface area contributed by atoms with Crippen LogP contribution in [0.5, 0.6) is 0 Å². The molecule has 10 heteroatoms. The molecule has 3 heterocycles. The number of aromatic nitrogens is 5. The van der Waals surface area contributed by atoms with Crippen molar-refractivity contribution in [3.05, 3.63) is 54.0 Å². The summed E-state index contributed by atoms with van der Waals surface area (Å²) in [5.74, 6) is 1.75. The van der Waals surface area contributed by atoms with E-state index in [0.717, 1.165) is 5.69 Å². The number of hydrogen-bond acceptors (Lipinski definition) is 8. The number of nitrogens with zero attached hydrogens (tertiary/aromatic N) is 4. The highest BCUT2D eigenvalue weighted by atomic mass is 32.2. The van der Waals surface area contributed by atoms with Gasteiger partial charge < -0.3 is 15.6 Å². The highest BCUT2D eigenvalue weighted by Crippen LogP contribution is 2.30. The molecule has 3 aromatic heterocycles. The van der Waals surface area contributed by atoms with Crippen LogP contribution >= 0.6 is 0 Å². The average Bonchev–Trinajstić information content (AvgIpc) is 3.04. The third-order valence-electron chi connectivity index (χ3n) is 4.18. The van der Waals surface area contributed by atoms with Crippen LogP contribution in [0.1, 0.15) is 11.5 Å². The van der Waals surface area contributed by atoms with E-state index in [-0.39, 0.29) is 4.90 Å². The highest BCUT2D eigenvalue weighted by Gasteiger charge is 2.16. The molecule has 3 N–H and O–H groups in total. The van der Waals surface area contributed by atoms with Crippen molar-refractivity contribution in [1.29, 1.82) is 0 Å². The normalized spacial score (nSPS) is 11.6. The first kappa shape index (κ1) is 18.8. The number of aryl methyl sites for hydroxylation is 2. The quantitative estimate of drug-likeness (QED) is 0.459. The first-order valence-corrected chi connectivity index (χ1v) is 10.7. The number of rotatable bonds is 5. The number of benzene rings is 1. The zero-order valence-electron chi connectivity index (χ0n) is 16.1. The Hall–Kier alpha value is -3.53. The van der Waals surface area contributed by atoms with Gasteiger partial charge in [-0.3, -0.25) is 0 Å². The lowest BCUT2D eigenvalue weighted by Gasteiger charge is -2.13. The molecule has 0 saturated carbocycles. The van der Waals surface area contributed by atoms with Gasteiger partial charge >= 0.3 is 0 Å².